The van der Waals surface area contributed by atoms with Gasteiger partial charge in [0.15, 0.2) is 0 Å². The monoisotopic (exact) mass is 260 g/mol. The van der Waals surface area contributed by atoms with Gasteiger partial charge >= 0.3 is 0 Å². The summed E-state index contributed by atoms with van der Waals surface area (Å²) in [5, 5.41) is 3.49. The molecule has 0 spiro atoms. The minimum absolute atomic E-state index is 0.570. The van der Waals surface area contributed by atoms with Gasteiger partial charge in [0.1, 0.15) is 0 Å². The molecule has 2 atom stereocenters. The third-order valence-corrected chi connectivity index (χ3v) is 4.43. The second-order valence-corrected chi connectivity index (χ2v) is 5.50. The van der Waals surface area contributed by atoms with E-state index in [4.69, 9.17) is 0 Å². The molecule has 2 rings (SSSR count). The molecule has 0 radical (unpaired) electrons. The first-order chi connectivity index (χ1) is 9.30. The predicted molar refractivity (Wildman–Crippen MR) is 82.5 cm³/mol. The van der Waals surface area contributed by atoms with Gasteiger partial charge in [0.25, 0.3) is 0 Å². The zero-order valence-corrected chi connectivity index (χ0v) is 12.7. The first-order valence-electron chi connectivity index (χ1n) is 7.85. The van der Waals surface area contributed by atoms with Crippen LogP contribution in [0.3, 0.4) is 0 Å². The van der Waals surface area contributed by atoms with Gasteiger partial charge in [-0.1, -0.05) is 45.0 Å². The lowest BCUT2D eigenvalue weighted by Crippen LogP contribution is -2.39. The standard InChI is InChI=1S/C17H28N2/c1-4-14-7-9-15(10-8-14)17(5-2)19(6-3)16-11-12-18-13-16/h7-10,16-18H,4-6,11-13H2,1-3H3. The topological polar surface area (TPSA) is 15.3 Å². The van der Waals surface area contributed by atoms with Gasteiger partial charge in [0, 0.05) is 18.6 Å². The van der Waals surface area contributed by atoms with Crippen LogP contribution in [0.25, 0.3) is 0 Å². The second-order valence-electron chi connectivity index (χ2n) is 5.50. The molecule has 2 unspecified atom stereocenters. The molecular formula is C17H28N2. The number of hydrogen-bond acceptors (Lipinski definition) is 2. The largest absolute Gasteiger partial charge is 0.315 e. The Bertz CT molecular complexity index is 365. The molecule has 1 N–H and O–H groups in total. The molecule has 1 aromatic rings. The van der Waals surface area contributed by atoms with Crippen molar-refractivity contribution in [3.8, 4) is 0 Å². The smallest absolute Gasteiger partial charge is 0.0348 e. The first kappa shape index (κ1) is 14.5. The highest BCUT2D eigenvalue weighted by Crippen LogP contribution is 2.28. The van der Waals surface area contributed by atoms with Crippen molar-refractivity contribution in [2.75, 3.05) is 19.6 Å². The molecule has 106 valence electrons. The van der Waals surface area contributed by atoms with Crippen LogP contribution in [0.15, 0.2) is 24.3 Å². The van der Waals surface area contributed by atoms with Crippen molar-refractivity contribution in [3.05, 3.63) is 35.4 Å². The Morgan fingerprint density at radius 3 is 2.42 bits per heavy atom. The zero-order valence-electron chi connectivity index (χ0n) is 12.7. The minimum atomic E-state index is 0.570. The number of nitrogens with zero attached hydrogens (tertiary/aromatic N) is 1. The number of rotatable bonds is 6. The van der Waals surface area contributed by atoms with E-state index in [1.807, 2.05) is 0 Å². The van der Waals surface area contributed by atoms with Crippen LogP contribution < -0.4 is 5.32 Å². The molecule has 1 heterocycles. The Morgan fingerprint density at radius 1 is 1.21 bits per heavy atom. The second kappa shape index (κ2) is 7.06. The van der Waals surface area contributed by atoms with Crippen molar-refractivity contribution in [1.29, 1.82) is 0 Å². The Labute approximate surface area is 118 Å². The van der Waals surface area contributed by atoms with E-state index < -0.39 is 0 Å². The number of hydrogen-bond donors (Lipinski definition) is 1. The van der Waals surface area contributed by atoms with Gasteiger partial charge in [-0.2, -0.15) is 0 Å². The van der Waals surface area contributed by atoms with Crippen LogP contribution in [0.2, 0.25) is 0 Å². The maximum Gasteiger partial charge on any atom is 0.0348 e. The maximum atomic E-state index is 3.49. The van der Waals surface area contributed by atoms with Gasteiger partial charge in [-0.3, -0.25) is 4.90 Å². The lowest BCUT2D eigenvalue weighted by atomic mass is 9.98. The van der Waals surface area contributed by atoms with E-state index in [0.717, 1.165) is 19.5 Å². The summed E-state index contributed by atoms with van der Waals surface area (Å²) in [6.07, 6.45) is 3.61. The van der Waals surface area contributed by atoms with Crippen LogP contribution >= 0.6 is 0 Å². The third-order valence-electron chi connectivity index (χ3n) is 4.43. The summed E-state index contributed by atoms with van der Waals surface area (Å²) in [7, 11) is 0. The summed E-state index contributed by atoms with van der Waals surface area (Å²) < 4.78 is 0. The van der Waals surface area contributed by atoms with E-state index in [2.05, 4.69) is 55.3 Å². The fourth-order valence-electron chi connectivity index (χ4n) is 3.29. The maximum absolute atomic E-state index is 3.49. The summed E-state index contributed by atoms with van der Waals surface area (Å²) in [5.41, 5.74) is 2.91. The molecule has 1 aliphatic heterocycles. The Kier molecular flexibility index (Phi) is 5.41. The average molecular weight is 260 g/mol. The van der Waals surface area contributed by atoms with Gasteiger partial charge in [-0.15, -0.1) is 0 Å². The van der Waals surface area contributed by atoms with Gasteiger partial charge in [0.05, 0.1) is 0 Å². The molecule has 2 heteroatoms. The summed E-state index contributed by atoms with van der Waals surface area (Å²) in [5.74, 6) is 0. The average Bonchev–Trinajstić information content (AvgIpc) is 2.98. The van der Waals surface area contributed by atoms with E-state index in [-0.39, 0.29) is 0 Å². The van der Waals surface area contributed by atoms with E-state index in [1.54, 1.807) is 0 Å². The van der Waals surface area contributed by atoms with Crippen molar-refractivity contribution in [1.82, 2.24) is 10.2 Å². The fourth-order valence-corrected chi connectivity index (χ4v) is 3.29. The first-order valence-corrected chi connectivity index (χ1v) is 7.85. The number of aryl methyl sites for hydroxylation is 1. The SMILES string of the molecule is CCc1ccc(C(CC)N(CC)C2CCNC2)cc1. The van der Waals surface area contributed by atoms with Crippen molar-refractivity contribution >= 4 is 0 Å². The molecular weight excluding hydrogens is 232 g/mol. The van der Waals surface area contributed by atoms with Crippen molar-refractivity contribution in [3.63, 3.8) is 0 Å². The summed E-state index contributed by atoms with van der Waals surface area (Å²) in [4.78, 5) is 2.68. The Balaban J connectivity index is 2.15. The number of likely N-dealkylation sites (N-methyl/N-ethyl adjacent to an activating group) is 1. The number of nitrogens with one attached hydrogen (secondary N) is 1. The van der Waals surface area contributed by atoms with Crippen LogP contribution in [0, 0.1) is 0 Å². The molecule has 0 saturated carbocycles. The van der Waals surface area contributed by atoms with Gasteiger partial charge in [-0.05, 0) is 43.5 Å². The molecule has 19 heavy (non-hydrogen) atoms. The van der Waals surface area contributed by atoms with Crippen LogP contribution in [0.4, 0.5) is 0 Å². The quantitative estimate of drug-likeness (QED) is 0.843. The molecule has 0 aromatic heterocycles. The highest BCUT2D eigenvalue weighted by atomic mass is 15.2. The van der Waals surface area contributed by atoms with Crippen molar-refractivity contribution < 1.29 is 0 Å². The van der Waals surface area contributed by atoms with E-state index in [9.17, 15) is 0 Å². The summed E-state index contributed by atoms with van der Waals surface area (Å²) >= 11 is 0. The van der Waals surface area contributed by atoms with E-state index in [0.29, 0.717) is 12.1 Å². The lowest BCUT2D eigenvalue weighted by Gasteiger charge is -2.35. The number of benzene rings is 1. The zero-order chi connectivity index (χ0) is 13.7. The van der Waals surface area contributed by atoms with Gasteiger partial charge < -0.3 is 5.32 Å². The molecule has 1 fully saturated rings. The molecule has 1 saturated heterocycles. The molecule has 0 aliphatic carbocycles. The lowest BCUT2D eigenvalue weighted by molar-refractivity contribution is 0.147. The summed E-state index contributed by atoms with van der Waals surface area (Å²) in [6, 6.07) is 10.5. The molecule has 0 amide bonds. The van der Waals surface area contributed by atoms with E-state index in [1.165, 1.54) is 30.5 Å². The highest BCUT2D eigenvalue weighted by Gasteiger charge is 2.27. The third kappa shape index (κ3) is 3.37. The van der Waals surface area contributed by atoms with Gasteiger partial charge in [-0.25, -0.2) is 0 Å². The van der Waals surface area contributed by atoms with Crippen LogP contribution in [0.5, 0.6) is 0 Å². The minimum Gasteiger partial charge on any atom is -0.315 e. The Morgan fingerprint density at radius 2 is 1.95 bits per heavy atom. The predicted octanol–water partition coefficient (Wildman–Crippen LogP) is 3.38. The normalized spacial score (nSPS) is 20.9. The molecule has 2 nitrogen and oxygen atoms in total. The van der Waals surface area contributed by atoms with Crippen LogP contribution in [-0.2, 0) is 6.42 Å². The summed E-state index contributed by atoms with van der Waals surface area (Å²) in [6.45, 7) is 10.3. The highest BCUT2D eigenvalue weighted by molar-refractivity contribution is 5.25. The van der Waals surface area contributed by atoms with Gasteiger partial charge in [0.2, 0.25) is 0 Å². The molecule has 1 aliphatic rings. The fraction of sp³-hybridized carbons (Fsp3) is 0.647. The van der Waals surface area contributed by atoms with Crippen molar-refractivity contribution in [2.45, 2.75) is 52.1 Å². The van der Waals surface area contributed by atoms with Crippen LogP contribution in [0.1, 0.15) is 50.8 Å². The van der Waals surface area contributed by atoms with E-state index >= 15 is 0 Å². The van der Waals surface area contributed by atoms with Crippen LogP contribution in [-0.4, -0.2) is 30.6 Å². The molecule has 0 bridgehead atoms. The van der Waals surface area contributed by atoms with Crippen molar-refractivity contribution in [2.24, 2.45) is 0 Å². The molecule has 1 aromatic carbocycles. The Hall–Kier alpha value is -0.860.